The van der Waals surface area contributed by atoms with Gasteiger partial charge < -0.3 is 9.84 Å². The van der Waals surface area contributed by atoms with Crippen molar-refractivity contribution in [2.45, 2.75) is 38.3 Å². The Morgan fingerprint density at radius 2 is 1.82 bits per heavy atom. The third-order valence-corrected chi connectivity index (χ3v) is 7.27. The van der Waals surface area contributed by atoms with Crippen LogP contribution in [0.2, 0.25) is 0 Å². The van der Waals surface area contributed by atoms with Gasteiger partial charge in [-0.25, -0.2) is 22.0 Å². The fraction of sp³-hybridized carbons (Fsp3) is 0.379. The first-order chi connectivity index (χ1) is 18.6. The molecule has 0 spiro atoms. The largest absolute Gasteiger partial charge is 0.497 e. The van der Waals surface area contributed by atoms with Gasteiger partial charge >= 0.3 is 5.97 Å². The van der Waals surface area contributed by atoms with Crippen LogP contribution in [0.15, 0.2) is 36.5 Å². The molecule has 1 aromatic heterocycles. The molecule has 0 saturated carbocycles. The van der Waals surface area contributed by atoms with E-state index in [1.54, 1.807) is 12.1 Å². The molecule has 1 saturated heterocycles. The minimum atomic E-state index is -1.67. The number of fused-ring (bicyclic) bond motifs is 1. The molecule has 3 aromatic rings. The van der Waals surface area contributed by atoms with E-state index in [1.807, 2.05) is 4.90 Å². The van der Waals surface area contributed by atoms with Gasteiger partial charge in [-0.05, 0) is 74.5 Å². The van der Waals surface area contributed by atoms with Gasteiger partial charge in [-0.15, -0.1) is 0 Å². The van der Waals surface area contributed by atoms with Crippen molar-refractivity contribution in [1.29, 1.82) is 0 Å². The summed E-state index contributed by atoms with van der Waals surface area (Å²) in [6.45, 7) is 1.22. The number of pyridine rings is 1. The van der Waals surface area contributed by atoms with Crippen LogP contribution in [0.4, 0.5) is 22.0 Å². The number of ether oxygens (including phenoxy) is 1. The fourth-order valence-electron chi connectivity index (χ4n) is 5.09. The van der Waals surface area contributed by atoms with Crippen LogP contribution >= 0.6 is 0 Å². The number of piperidine rings is 1. The number of aliphatic carboxylic acids is 1. The van der Waals surface area contributed by atoms with Gasteiger partial charge in [-0.3, -0.25) is 14.7 Å². The molecule has 0 aliphatic carbocycles. The standard InChI is InChI=1S/C29H27F5N2O3/c1-39-19-4-5-25-20(15-19)27(24(33)17-35-25)21(30)6-7-29(16-26(37)38)8-11-36(12-9-29)10-2-3-18-13-22(31)28(34)23(32)14-18/h4-5,13-15,17,21H,6-12,16H2,1H3,(H,37,38). The number of nitrogens with zero attached hydrogens (tertiary/aromatic N) is 2. The van der Waals surface area contributed by atoms with E-state index in [9.17, 15) is 27.5 Å². The summed E-state index contributed by atoms with van der Waals surface area (Å²) in [5, 5.41) is 9.86. The van der Waals surface area contributed by atoms with Gasteiger partial charge in [0.05, 0.1) is 31.8 Å². The normalized spacial score (nSPS) is 15.9. The zero-order chi connectivity index (χ0) is 28.2. The lowest BCUT2D eigenvalue weighted by molar-refractivity contribution is -0.141. The van der Waals surface area contributed by atoms with Gasteiger partial charge in [0.1, 0.15) is 17.7 Å². The minimum absolute atomic E-state index is 0.00566. The number of hydrogen-bond donors (Lipinski definition) is 1. The Bertz CT molecular complexity index is 1400. The molecule has 1 N–H and O–H groups in total. The summed E-state index contributed by atoms with van der Waals surface area (Å²) in [5.74, 6) is -0.108. The van der Waals surface area contributed by atoms with Crippen molar-refractivity contribution >= 4 is 16.9 Å². The Balaban J connectivity index is 1.43. The number of benzene rings is 2. The predicted octanol–water partition coefficient (Wildman–Crippen LogP) is 6.20. The molecule has 1 atom stereocenters. The number of rotatable bonds is 8. The van der Waals surface area contributed by atoms with Crippen molar-refractivity contribution in [2.24, 2.45) is 5.41 Å². The molecule has 2 aromatic carbocycles. The molecular weight excluding hydrogens is 519 g/mol. The van der Waals surface area contributed by atoms with E-state index >= 15 is 4.39 Å². The third kappa shape index (κ3) is 6.66. The lowest BCUT2D eigenvalue weighted by atomic mass is 9.71. The molecule has 10 heteroatoms. The van der Waals surface area contributed by atoms with E-state index in [2.05, 4.69) is 16.8 Å². The maximum absolute atomic E-state index is 15.5. The lowest BCUT2D eigenvalue weighted by Gasteiger charge is -2.41. The minimum Gasteiger partial charge on any atom is -0.497 e. The van der Waals surface area contributed by atoms with Crippen molar-refractivity contribution < 1.29 is 36.6 Å². The highest BCUT2D eigenvalue weighted by Crippen LogP contribution is 2.43. The second kappa shape index (κ2) is 12.0. The van der Waals surface area contributed by atoms with Crippen LogP contribution in [-0.4, -0.2) is 47.7 Å². The van der Waals surface area contributed by atoms with Crippen molar-refractivity contribution in [3.05, 3.63) is 70.9 Å². The van der Waals surface area contributed by atoms with E-state index in [-0.39, 0.29) is 36.9 Å². The maximum Gasteiger partial charge on any atom is 0.303 e. The van der Waals surface area contributed by atoms with E-state index in [0.717, 1.165) is 18.3 Å². The van der Waals surface area contributed by atoms with Gasteiger partial charge in [-0.1, -0.05) is 11.8 Å². The Hall–Kier alpha value is -3.71. The number of halogens is 5. The summed E-state index contributed by atoms with van der Waals surface area (Å²) in [7, 11) is 1.45. The highest BCUT2D eigenvalue weighted by Gasteiger charge is 2.37. The molecule has 0 bridgehead atoms. The molecule has 0 amide bonds. The Morgan fingerprint density at radius 3 is 2.46 bits per heavy atom. The van der Waals surface area contributed by atoms with Crippen LogP contribution < -0.4 is 4.74 Å². The van der Waals surface area contributed by atoms with Gasteiger partial charge in [0.15, 0.2) is 17.5 Å². The monoisotopic (exact) mass is 546 g/mol. The Morgan fingerprint density at radius 1 is 1.13 bits per heavy atom. The number of alkyl halides is 1. The zero-order valence-corrected chi connectivity index (χ0v) is 21.2. The molecule has 5 nitrogen and oxygen atoms in total. The predicted molar refractivity (Wildman–Crippen MR) is 135 cm³/mol. The van der Waals surface area contributed by atoms with E-state index in [0.29, 0.717) is 42.6 Å². The van der Waals surface area contributed by atoms with Crippen molar-refractivity contribution in [1.82, 2.24) is 9.88 Å². The average molecular weight is 547 g/mol. The van der Waals surface area contributed by atoms with Crippen LogP contribution in [0.3, 0.4) is 0 Å². The topological polar surface area (TPSA) is 62.7 Å². The Labute approximate surface area is 222 Å². The molecule has 206 valence electrons. The smallest absolute Gasteiger partial charge is 0.303 e. The maximum atomic E-state index is 15.5. The molecule has 0 radical (unpaired) electrons. The van der Waals surface area contributed by atoms with Crippen molar-refractivity contribution in [3.8, 4) is 17.6 Å². The van der Waals surface area contributed by atoms with Crippen LogP contribution in [-0.2, 0) is 4.79 Å². The van der Waals surface area contributed by atoms with Gasteiger partial charge in [-0.2, -0.15) is 0 Å². The second-order valence-corrected chi connectivity index (χ2v) is 9.81. The molecule has 1 unspecified atom stereocenters. The van der Waals surface area contributed by atoms with Gasteiger partial charge in [0, 0.05) is 16.5 Å². The Kier molecular flexibility index (Phi) is 8.70. The fourth-order valence-corrected chi connectivity index (χ4v) is 5.09. The number of methoxy groups -OCH3 is 1. The summed E-state index contributed by atoms with van der Waals surface area (Å²) in [6.07, 6.45) is 0.248. The van der Waals surface area contributed by atoms with Gasteiger partial charge in [0.25, 0.3) is 0 Å². The average Bonchev–Trinajstić information content (AvgIpc) is 2.90. The summed E-state index contributed by atoms with van der Waals surface area (Å²) >= 11 is 0. The first-order valence-corrected chi connectivity index (χ1v) is 12.4. The van der Waals surface area contributed by atoms with Gasteiger partial charge in [0.2, 0.25) is 0 Å². The lowest BCUT2D eigenvalue weighted by Crippen LogP contribution is -2.41. The van der Waals surface area contributed by atoms with Crippen LogP contribution in [0.25, 0.3) is 10.9 Å². The van der Waals surface area contributed by atoms with E-state index in [1.165, 1.54) is 13.2 Å². The number of aromatic nitrogens is 1. The number of carbonyl (C=O) groups is 1. The first kappa shape index (κ1) is 28.3. The molecule has 1 aliphatic rings. The zero-order valence-electron chi connectivity index (χ0n) is 21.2. The molecule has 1 aliphatic heterocycles. The van der Waals surface area contributed by atoms with Crippen molar-refractivity contribution in [3.63, 3.8) is 0 Å². The molecule has 2 heterocycles. The van der Waals surface area contributed by atoms with Crippen LogP contribution in [0, 0.1) is 40.5 Å². The molecule has 39 heavy (non-hydrogen) atoms. The number of carboxylic acid groups (broad SMARTS) is 1. The number of likely N-dealkylation sites (tertiary alicyclic amines) is 1. The summed E-state index contributed by atoms with van der Waals surface area (Å²) in [5.41, 5.74) is -0.368. The van der Waals surface area contributed by atoms with E-state index < -0.39 is 40.8 Å². The quantitative estimate of drug-likeness (QED) is 0.207. The second-order valence-electron chi connectivity index (χ2n) is 9.81. The summed E-state index contributed by atoms with van der Waals surface area (Å²) in [4.78, 5) is 17.7. The van der Waals surface area contributed by atoms with Crippen LogP contribution in [0.1, 0.15) is 49.4 Å². The van der Waals surface area contributed by atoms with Crippen LogP contribution in [0.5, 0.6) is 5.75 Å². The summed E-state index contributed by atoms with van der Waals surface area (Å²) in [6, 6.07) is 6.45. The van der Waals surface area contributed by atoms with Crippen molar-refractivity contribution in [2.75, 3.05) is 26.7 Å². The molecular formula is C29H27F5N2O3. The number of hydrogen-bond acceptors (Lipinski definition) is 4. The van der Waals surface area contributed by atoms with E-state index in [4.69, 9.17) is 4.74 Å². The third-order valence-electron chi connectivity index (χ3n) is 7.27. The SMILES string of the molecule is COc1ccc2ncc(F)c(C(F)CCC3(CC(=O)O)CCN(CC#Cc4cc(F)c(F)c(F)c4)CC3)c2c1. The first-order valence-electron chi connectivity index (χ1n) is 12.4. The molecule has 1 fully saturated rings. The molecule has 4 rings (SSSR count). The summed E-state index contributed by atoms with van der Waals surface area (Å²) < 4.78 is 75.3. The highest BCUT2D eigenvalue weighted by atomic mass is 19.2. The number of carboxylic acids is 1. The highest BCUT2D eigenvalue weighted by molar-refractivity contribution is 5.84.